The first-order chi connectivity index (χ1) is 8.24. The summed E-state index contributed by atoms with van der Waals surface area (Å²) in [5.41, 5.74) is 1.85. The van der Waals surface area contributed by atoms with Gasteiger partial charge in [-0.15, -0.1) is 10.2 Å². The minimum absolute atomic E-state index is 0.867. The van der Waals surface area contributed by atoms with E-state index in [1.165, 1.54) is 0 Å². The van der Waals surface area contributed by atoms with Crippen LogP contribution in [0.2, 0.25) is 0 Å². The van der Waals surface area contributed by atoms with Gasteiger partial charge in [0.15, 0.2) is 5.65 Å². The van der Waals surface area contributed by atoms with Crippen LogP contribution in [-0.4, -0.2) is 57.7 Å². The Hall–Kier alpha value is -1.69. The zero-order valence-electron chi connectivity index (χ0n) is 10.2. The molecule has 0 saturated carbocycles. The van der Waals surface area contributed by atoms with Gasteiger partial charge in [-0.25, -0.2) is 4.98 Å². The zero-order chi connectivity index (χ0) is 11.8. The molecule has 0 N–H and O–H groups in total. The molecule has 1 aliphatic heterocycles. The van der Waals surface area contributed by atoms with Crippen LogP contribution < -0.4 is 4.90 Å². The molecule has 1 fully saturated rings. The predicted molar refractivity (Wildman–Crippen MR) is 65.2 cm³/mol. The predicted octanol–water partition coefficient (Wildman–Crippen LogP) is 0.185. The number of rotatable bonds is 1. The normalized spacial score (nSPS) is 17.9. The van der Waals surface area contributed by atoms with Crippen LogP contribution in [0, 0.1) is 6.92 Å². The number of piperazine rings is 1. The molecule has 6 nitrogen and oxygen atoms in total. The molecular weight excluding hydrogens is 216 g/mol. The Morgan fingerprint density at radius 2 is 1.94 bits per heavy atom. The lowest BCUT2D eigenvalue weighted by atomic mass is 10.3. The Morgan fingerprint density at radius 3 is 2.71 bits per heavy atom. The molecule has 0 aliphatic carbocycles. The smallest absolute Gasteiger partial charge is 0.212 e. The summed E-state index contributed by atoms with van der Waals surface area (Å²) in [5.74, 6) is 0.957. The van der Waals surface area contributed by atoms with E-state index in [-0.39, 0.29) is 0 Å². The number of nitrogens with zero attached hydrogens (tertiary/aromatic N) is 6. The van der Waals surface area contributed by atoms with E-state index in [9.17, 15) is 0 Å². The van der Waals surface area contributed by atoms with Crippen LogP contribution in [0.15, 0.2) is 12.4 Å². The fraction of sp³-hybridized carbons (Fsp3) is 0.545. The number of hydrogen-bond acceptors (Lipinski definition) is 5. The van der Waals surface area contributed by atoms with Crippen molar-refractivity contribution in [1.82, 2.24) is 24.5 Å². The topological polar surface area (TPSA) is 49.6 Å². The average Bonchev–Trinajstić information content (AvgIpc) is 2.77. The summed E-state index contributed by atoms with van der Waals surface area (Å²) in [6, 6.07) is 1.95. The third kappa shape index (κ3) is 1.84. The van der Waals surface area contributed by atoms with E-state index in [1.54, 1.807) is 6.33 Å². The zero-order valence-corrected chi connectivity index (χ0v) is 10.2. The minimum atomic E-state index is 0.867. The maximum Gasteiger partial charge on any atom is 0.212 e. The molecule has 0 amide bonds. The summed E-state index contributed by atoms with van der Waals surface area (Å²) < 4.78 is 1.96. The molecule has 0 radical (unpaired) electrons. The summed E-state index contributed by atoms with van der Waals surface area (Å²) >= 11 is 0. The van der Waals surface area contributed by atoms with Gasteiger partial charge in [-0.05, 0) is 14.0 Å². The van der Waals surface area contributed by atoms with Gasteiger partial charge in [-0.2, -0.15) is 0 Å². The summed E-state index contributed by atoms with van der Waals surface area (Å²) in [6.45, 7) is 6.13. The molecule has 0 unspecified atom stereocenters. The molecule has 3 rings (SSSR count). The number of hydrogen-bond donors (Lipinski definition) is 0. The Bertz CT molecular complexity index is 526. The molecule has 3 heterocycles. The van der Waals surface area contributed by atoms with Gasteiger partial charge < -0.3 is 9.80 Å². The molecule has 17 heavy (non-hydrogen) atoms. The molecule has 2 aromatic heterocycles. The average molecular weight is 232 g/mol. The van der Waals surface area contributed by atoms with Gasteiger partial charge in [-0.3, -0.25) is 4.40 Å². The van der Waals surface area contributed by atoms with Crippen LogP contribution in [0.5, 0.6) is 0 Å². The minimum Gasteiger partial charge on any atom is -0.339 e. The molecule has 6 heteroatoms. The Morgan fingerprint density at radius 1 is 1.18 bits per heavy atom. The molecular formula is C11H16N6. The molecule has 0 aromatic carbocycles. The van der Waals surface area contributed by atoms with Crippen molar-refractivity contribution in [3.8, 4) is 0 Å². The van der Waals surface area contributed by atoms with E-state index < -0.39 is 0 Å². The van der Waals surface area contributed by atoms with Crippen molar-refractivity contribution in [3.05, 3.63) is 18.1 Å². The van der Waals surface area contributed by atoms with Crippen LogP contribution in [0.1, 0.15) is 5.69 Å². The largest absolute Gasteiger partial charge is 0.339 e. The lowest BCUT2D eigenvalue weighted by molar-refractivity contribution is 0.310. The maximum atomic E-state index is 4.61. The van der Waals surface area contributed by atoms with Gasteiger partial charge in [0, 0.05) is 37.9 Å². The number of fused-ring (bicyclic) bond motifs is 1. The van der Waals surface area contributed by atoms with Crippen molar-refractivity contribution >= 4 is 11.6 Å². The summed E-state index contributed by atoms with van der Waals surface area (Å²) in [6.07, 6.45) is 1.73. The number of aryl methyl sites for hydroxylation is 1. The SMILES string of the molecule is Cc1cc2nncn2c(N2CCN(C)CC2)n1. The van der Waals surface area contributed by atoms with Gasteiger partial charge in [0.25, 0.3) is 0 Å². The molecule has 1 saturated heterocycles. The van der Waals surface area contributed by atoms with E-state index in [0.29, 0.717) is 0 Å². The van der Waals surface area contributed by atoms with Crippen LogP contribution in [-0.2, 0) is 0 Å². The van der Waals surface area contributed by atoms with Crippen LogP contribution in [0.25, 0.3) is 5.65 Å². The van der Waals surface area contributed by atoms with Crippen LogP contribution in [0.4, 0.5) is 5.95 Å². The third-order valence-corrected chi connectivity index (χ3v) is 3.19. The van der Waals surface area contributed by atoms with E-state index in [2.05, 4.69) is 32.0 Å². The maximum absolute atomic E-state index is 4.61. The van der Waals surface area contributed by atoms with Crippen molar-refractivity contribution in [1.29, 1.82) is 0 Å². The molecule has 0 atom stereocenters. The van der Waals surface area contributed by atoms with Gasteiger partial charge in [0.1, 0.15) is 6.33 Å². The van der Waals surface area contributed by atoms with Crippen molar-refractivity contribution in [3.63, 3.8) is 0 Å². The van der Waals surface area contributed by atoms with Gasteiger partial charge in [0.2, 0.25) is 5.95 Å². The summed E-state index contributed by atoms with van der Waals surface area (Å²) in [5, 5.41) is 8.03. The van der Waals surface area contributed by atoms with Gasteiger partial charge in [-0.1, -0.05) is 0 Å². The van der Waals surface area contributed by atoms with Crippen molar-refractivity contribution in [2.45, 2.75) is 6.92 Å². The highest BCUT2D eigenvalue weighted by molar-refractivity contribution is 5.47. The lowest BCUT2D eigenvalue weighted by Crippen LogP contribution is -2.45. The van der Waals surface area contributed by atoms with E-state index >= 15 is 0 Å². The fourth-order valence-electron chi connectivity index (χ4n) is 2.16. The molecule has 0 bridgehead atoms. The highest BCUT2D eigenvalue weighted by Gasteiger charge is 2.18. The first kappa shape index (κ1) is 10.5. The van der Waals surface area contributed by atoms with Gasteiger partial charge >= 0.3 is 0 Å². The summed E-state index contributed by atoms with van der Waals surface area (Å²) in [7, 11) is 2.15. The van der Waals surface area contributed by atoms with Crippen LogP contribution >= 0.6 is 0 Å². The molecule has 0 spiro atoms. The highest BCUT2D eigenvalue weighted by atomic mass is 15.4. The van der Waals surface area contributed by atoms with Gasteiger partial charge in [0.05, 0.1) is 0 Å². The second-order valence-corrected chi connectivity index (χ2v) is 4.55. The fourth-order valence-corrected chi connectivity index (χ4v) is 2.16. The first-order valence-corrected chi connectivity index (χ1v) is 5.85. The standard InChI is InChI=1S/C11H16N6/c1-9-7-10-14-12-8-17(10)11(13-9)16-5-3-15(2)4-6-16/h7-8H,3-6H2,1-2H3. The number of likely N-dealkylation sites (N-methyl/N-ethyl adjacent to an activating group) is 1. The molecule has 1 aliphatic rings. The Kier molecular flexibility index (Phi) is 2.44. The third-order valence-electron chi connectivity index (χ3n) is 3.19. The second kappa shape index (κ2) is 3.96. The highest BCUT2D eigenvalue weighted by Crippen LogP contribution is 2.15. The first-order valence-electron chi connectivity index (χ1n) is 5.85. The monoisotopic (exact) mass is 232 g/mol. The van der Waals surface area contributed by atoms with Crippen LogP contribution in [0.3, 0.4) is 0 Å². The van der Waals surface area contributed by atoms with Crippen molar-refractivity contribution < 1.29 is 0 Å². The van der Waals surface area contributed by atoms with E-state index in [1.807, 2.05) is 17.4 Å². The summed E-state index contributed by atoms with van der Waals surface area (Å²) in [4.78, 5) is 9.24. The lowest BCUT2D eigenvalue weighted by Gasteiger charge is -2.33. The molecule has 90 valence electrons. The number of anilines is 1. The Labute approximate surface area is 99.9 Å². The number of aromatic nitrogens is 4. The van der Waals surface area contributed by atoms with Crippen molar-refractivity contribution in [2.75, 3.05) is 38.1 Å². The van der Waals surface area contributed by atoms with E-state index in [0.717, 1.165) is 43.5 Å². The second-order valence-electron chi connectivity index (χ2n) is 4.55. The Balaban J connectivity index is 2.01. The quantitative estimate of drug-likeness (QED) is 0.702. The van der Waals surface area contributed by atoms with Crippen molar-refractivity contribution in [2.24, 2.45) is 0 Å². The molecule has 2 aromatic rings. The van der Waals surface area contributed by atoms with E-state index in [4.69, 9.17) is 0 Å².